The van der Waals surface area contributed by atoms with Gasteiger partial charge >= 0.3 is 5.97 Å². The van der Waals surface area contributed by atoms with Gasteiger partial charge in [-0.2, -0.15) is 0 Å². The SMILES string of the molecule is COC(=O)C1CCC(NCc2cc(-c3nccs3)ccc2OC)C1c1ccc(F)cc1.Cl. The van der Waals surface area contributed by atoms with Gasteiger partial charge in [-0.15, -0.1) is 23.7 Å². The number of carbonyl (C=O) groups is 1. The van der Waals surface area contributed by atoms with E-state index in [9.17, 15) is 9.18 Å². The van der Waals surface area contributed by atoms with Crippen LogP contribution in [0.25, 0.3) is 10.6 Å². The number of thiazole rings is 1. The highest BCUT2D eigenvalue weighted by Gasteiger charge is 2.41. The average Bonchev–Trinajstić information content (AvgIpc) is 3.48. The Bertz CT molecular complexity index is 1030. The zero-order chi connectivity index (χ0) is 21.8. The molecule has 32 heavy (non-hydrogen) atoms. The minimum absolute atomic E-state index is 0. The van der Waals surface area contributed by atoms with E-state index in [2.05, 4.69) is 16.4 Å². The highest BCUT2D eigenvalue weighted by molar-refractivity contribution is 7.13. The minimum atomic E-state index is -0.287. The van der Waals surface area contributed by atoms with Gasteiger partial charge in [-0.1, -0.05) is 12.1 Å². The quantitative estimate of drug-likeness (QED) is 0.474. The second-order valence-corrected chi connectivity index (χ2v) is 8.53. The minimum Gasteiger partial charge on any atom is -0.496 e. The first-order valence-corrected chi connectivity index (χ1v) is 11.1. The van der Waals surface area contributed by atoms with Crippen LogP contribution in [0.2, 0.25) is 0 Å². The number of nitrogens with one attached hydrogen (secondary N) is 1. The molecule has 1 aliphatic rings. The number of benzene rings is 2. The van der Waals surface area contributed by atoms with Gasteiger partial charge in [0.25, 0.3) is 0 Å². The van der Waals surface area contributed by atoms with E-state index in [-0.39, 0.29) is 42.1 Å². The fourth-order valence-corrected chi connectivity index (χ4v) is 5.09. The molecule has 3 atom stereocenters. The molecule has 0 radical (unpaired) electrons. The summed E-state index contributed by atoms with van der Waals surface area (Å²) in [6.07, 6.45) is 3.35. The van der Waals surface area contributed by atoms with E-state index in [0.717, 1.165) is 40.3 Å². The number of carbonyl (C=O) groups excluding carboxylic acids is 1. The van der Waals surface area contributed by atoms with Crippen molar-refractivity contribution in [3.05, 3.63) is 71.0 Å². The van der Waals surface area contributed by atoms with Gasteiger partial charge < -0.3 is 14.8 Å². The number of aromatic nitrogens is 1. The van der Waals surface area contributed by atoms with E-state index in [1.807, 2.05) is 17.5 Å². The van der Waals surface area contributed by atoms with Crippen molar-refractivity contribution in [1.82, 2.24) is 10.3 Å². The van der Waals surface area contributed by atoms with E-state index in [1.54, 1.807) is 36.8 Å². The molecule has 0 saturated heterocycles. The van der Waals surface area contributed by atoms with Crippen LogP contribution < -0.4 is 10.1 Å². The number of rotatable bonds is 7. The average molecular weight is 477 g/mol. The lowest BCUT2D eigenvalue weighted by Gasteiger charge is -2.25. The van der Waals surface area contributed by atoms with Crippen molar-refractivity contribution in [2.45, 2.75) is 31.3 Å². The summed E-state index contributed by atoms with van der Waals surface area (Å²) in [5, 5.41) is 6.53. The van der Waals surface area contributed by atoms with E-state index in [1.165, 1.54) is 19.2 Å². The molecule has 4 rings (SSSR count). The Hall–Kier alpha value is -2.48. The molecular formula is C24H26ClFN2O3S. The first-order valence-electron chi connectivity index (χ1n) is 10.2. The van der Waals surface area contributed by atoms with Crippen LogP contribution in [0.15, 0.2) is 54.0 Å². The second kappa shape index (κ2) is 10.9. The standard InChI is InChI=1S/C24H25FN2O3S.ClH/c1-29-21-10-5-16(23-26-11-12-31-23)13-17(21)14-27-20-9-8-19(24(28)30-2)22(20)15-3-6-18(25)7-4-15;/h3-7,10-13,19-20,22,27H,8-9,14H2,1-2H3;1H. The number of hydrogen-bond donors (Lipinski definition) is 1. The zero-order valence-electron chi connectivity index (χ0n) is 17.9. The van der Waals surface area contributed by atoms with Crippen LogP contribution in [0.4, 0.5) is 4.39 Å². The van der Waals surface area contributed by atoms with Crippen LogP contribution in [0.5, 0.6) is 5.75 Å². The summed E-state index contributed by atoms with van der Waals surface area (Å²) in [4.78, 5) is 16.8. The summed E-state index contributed by atoms with van der Waals surface area (Å²) in [5.74, 6) is -0.0436. The van der Waals surface area contributed by atoms with Crippen molar-refractivity contribution >= 4 is 29.7 Å². The Kier molecular flexibility index (Phi) is 8.23. The van der Waals surface area contributed by atoms with Crippen molar-refractivity contribution in [2.24, 2.45) is 5.92 Å². The molecular weight excluding hydrogens is 451 g/mol. The third-order valence-corrected chi connectivity index (χ3v) is 6.75. The molecule has 2 aromatic carbocycles. The van der Waals surface area contributed by atoms with Crippen LogP contribution in [0, 0.1) is 11.7 Å². The highest BCUT2D eigenvalue weighted by atomic mass is 35.5. The van der Waals surface area contributed by atoms with E-state index >= 15 is 0 Å². The summed E-state index contributed by atoms with van der Waals surface area (Å²) in [6, 6.07) is 12.5. The highest BCUT2D eigenvalue weighted by Crippen LogP contribution is 2.41. The van der Waals surface area contributed by atoms with Crippen molar-refractivity contribution in [2.75, 3.05) is 14.2 Å². The molecule has 0 bridgehead atoms. The first kappa shape index (κ1) is 24.2. The van der Waals surface area contributed by atoms with Crippen molar-refractivity contribution in [3.63, 3.8) is 0 Å². The van der Waals surface area contributed by atoms with Gasteiger partial charge in [0.1, 0.15) is 16.6 Å². The third-order valence-electron chi connectivity index (χ3n) is 5.93. The van der Waals surface area contributed by atoms with E-state index in [0.29, 0.717) is 6.54 Å². The van der Waals surface area contributed by atoms with E-state index in [4.69, 9.17) is 9.47 Å². The molecule has 170 valence electrons. The van der Waals surface area contributed by atoms with Crippen LogP contribution in [0.1, 0.15) is 29.9 Å². The lowest BCUT2D eigenvalue weighted by Crippen LogP contribution is -2.34. The van der Waals surface area contributed by atoms with Crippen LogP contribution in [-0.2, 0) is 16.1 Å². The molecule has 3 unspecified atom stereocenters. The predicted molar refractivity (Wildman–Crippen MR) is 126 cm³/mol. The lowest BCUT2D eigenvalue weighted by atomic mass is 9.86. The lowest BCUT2D eigenvalue weighted by molar-refractivity contribution is -0.145. The Labute approximate surface area is 197 Å². The Morgan fingerprint density at radius 1 is 1.19 bits per heavy atom. The van der Waals surface area contributed by atoms with Crippen LogP contribution in [-0.4, -0.2) is 31.2 Å². The smallest absolute Gasteiger partial charge is 0.309 e. The molecule has 1 N–H and O–H groups in total. The zero-order valence-corrected chi connectivity index (χ0v) is 19.5. The number of ether oxygens (including phenoxy) is 2. The summed E-state index contributed by atoms with van der Waals surface area (Å²) < 4.78 is 24.1. The van der Waals surface area contributed by atoms with Crippen molar-refractivity contribution in [3.8, 4) is 16.3 Å². The van der Waals surface area contributed by atoms with Crippen LogP contribution in [0.3, 0.4) is 0 Å². The fraction of sp³-hybridized carbons (Fsp3) is 0.333. The predicted octanol–water partition coefficient (Wildman–Crippen LogP) is 5.20. The first-order chi connectivity index (χ1) is 15.1. The normalized spacial score (nSPS) is 19.9. The molecule has 1 aliphatic carbocycles. The van der Waals surface area contributed by atoms with Gasteiger partial charge in [0, 0.05) is 41.2 Å². The molecule has 1 saturated carbocycles. The maximum absolute atomic E-state index is 13.5. The van der Waals surface area contributed by atoms with Gasteiger partial charge in [0.15, 0.2) is 0 Å². The number of nitrogens with zero attached hydrogens (tertiary/aromatic N) is 1. The monoisotopic (exact) mass is 476 g/mol. The molecule has 0 amide bonds. The second-order valence-electron chi connectivity index (χ2n) is 7.64. The van der Waals surface area contributed by atoms with Crippen molar-refractivity contribution in [1.29, 1.82) is 0 Å². The molecule has 0 aliphatic heterocycles. The van der Waals surface area contributed by atoms with Crippen molar-refractivity contribution < 1.29 is 18.7 Å². The van der Waals surface area contributed by atoms with E-state index < -0.39 is 0 Å². The van der Waals surface area contributed by atoms with Gasteiger partial charge in [-0.05, 0) is 48.7 Å². The molecule has 8 heteroatoms. The third kappa shape index (κ3) is 5.11. The molecule has 1 fully saturated rings. The Balaban J connectivity index is 0.00000289. The summed E-state index contributed by atoms with van der Waals surface area (Å²) in [5.41, 5.74) is 3.01. The topological polar surface area (TPSA) is 60.5 Å². The van der Waals surface area contributed by atoms with Gasteiger partial charge in [0.05, 0.1) is 20.1 Å². The number of halogens is 2. The maximum atomic E-state index is 13.5. The Morgan fingerprint density at radius 2 is 1.97 bits per heavy atom. The number of esters is 1. The van der Waals surface area contributed by atoms with Gasteiger partial charge in [-0.25, -0.2) is 9.37 Å². The summed E-state index contributed by atoms with van der Waals surface area (Å²) in [7, 11) is 3.08. The molecule has 0 spiro atoms. The largest absolute Gasteiger partial charge is 0.496 e. The van der Waals surface area contributed by atoms with Gasteiger partial charge in [0.2, 0.25) is 0 Å². The fourth-order valence-electron chi connectivity index (χ4n) is 4.45. The summed E-state index contributed by atoms with van der Waals surface area (Å²) >= 11 is 1.59. The molecule has 3 aromatic rings. The van der Waals surface area contributed by atoms with Crippen LogP contribution >= 0.6 is 23.7 Å². The Morgan fingerprint density at radius 3 is 2.62 bits per heavy atom. The number of hydrogen-bond acceptors (Lipinski definition) is 6. The number of methoxy groups -OCH3 is 2. The maximum Gasteiger partial charge on any atom is 0.309 e. The molecule has 1 heterocycles. The molecule has 5 nitrogen and oxygen atoms in total. The summed E-state index contributed by atoms with van der Waals surface area (Å²) in [6.45, 7) is 0.582. The molecule has 1 aromatic heterocycles. The van der Waals surface area contributed by atoms with Gasteiger partial charge in [-0.3, -0.25) is 4.79 Å².